The summed E-state index contributed by atoms with van der Waals surface area (Å²) in [7, 11) is 1.62. The van der Waals surface area contributed by atoms with Crippen LogP contribution < -0.4 is 4.74 Å². The first-order chi connectivity index (χ1) is 7.85. The molecule has 4 heteroatoms. The smallest absolute Gasteiger partial charge is 0.139 e. The lowest BCUT2D eigenvalue weighted by molar-refractivity contribution is 0.277. The van der Waals surface area contributed by atoms with Crippen LogP contribution in [0.2, 0.25) is 0 Å². The van der Waals surface area contributed by atoms with Gasteiger partial charge in [-0.15, -0.1) is 0 Å². The molecule has 0 aliphatic heterocycles. The van der Waals surface area contributed by atoms with Gasteiger partial charge in [0.15, 0.2) is 0 Å². The topological polar surface area (TPSA) is 55.5 Å². The predicted molar refractivity (Wildman–Crippen MR) is 59.3 cm³/mol. The van der Waals surface area contributed by atoms with Gasteiger partial charge in [0.05, 0.1) is 13.7 Å². The van der Waals surface area contributed by atoms with Crippen molar-refractivity contribution in [3.63, 3.8) is 0 Å². The van der Waals surface area contributed by atoms with Crippen LogP contribution in [0.15, 0.2) is 34.9 Å². The first-order valence-electron chi connectivity index (χ1n) is 5.05. The van der Waals surface area contributed by atoms with Crippen molar-refractivity contribution in [1.82, 2.24) is 5.16 Å². The Morgan fingerprint density at radius 3 is 2.94 bits per heavy atom. The molecule has 0 aliphatic rings. The molecule has 1 aromatic heterocycles. The number of aliphatic hydroxyl groups excluding tert-OH is 1. The number of rotatable bonds is 4. The molecule has 0 bridgehead atoms. The second-order valence-electron chi connectivity index (χ2n) is 3.35. The van der Waals surface area contributed by atoms with Gasteiger partial charge in [0.2, 0.25) is 0 Å². The first-order valence-corrected chi connectivity index (χ1v) is 5.05. The fourth-order valence-electron chi connectivity index (χ4n) is 1.52. The van der Waals surface area contributed by atoms with Crippen molar-refractivity contribution in [2.45, 2.75) is 6.42 Å². The van der Waals surface area contributed by atoms with E-state index in [1.54, 1.807) is 7.11 Å². The van der Waals surface area contributed by atoms with Crippen LogP contribution in [0, 0.1) is 0 Å². The maximum absolute atomic E-state index is 8.79. The van der Waals surface area contributed by atoms with E-state index in [4.69, 9.17) is 14.4 Å². The van der Waals surface area contributed by atoms with Crippen molar-refractivity contribution in [3.05, 3.63) is 36.1 Å². The van der Waals surface area contributed by atoms with E-state index in [1.165, 1.54) is 0 Å². The summed E-state index contributed by atoms with van der Waals surface area (Å²) in [5.41, 5.74) is 1.61. The summed E-state index contributed by atoms with van der Waals surface area (Å²) < 4.78 is 10.3. The van der Waals surface area contributed by atoms with Gasteiger partial charge in [0, 0.05) is 18.1 Å². The van der Waals surface area contributed by atoms with Crippen LogP contribution in [-0.2, 0) is 6.42 Å². The molecule has 0 fully saturated rings. The zero-order valence-corrected chi connectivity index (χ0v) is 9.01. The molecular formula is C12H13NO3. The molecule has 0 amide bonds. The molecule has 0 spiro atoms. The highest BCUT2D eigenvalue weighted by molar-refractivity contribution is 5.66. The third-order valence-corrected chi connectivity index (χ3v) is 2.30. The predicted octanol–water partition coefficient (Wildman–Crippen LogP) is 1.88. The number of methoxy groups -OCH3 is 1. The van der Waals surface area contributed by atoms with Gasteiger partial charge in [0.1, 0.15) is 17.2 Å². The Labute approximate surface area is 93.5 Å². The van der Waals surface area contributed by atoms with Gasteiger partial charge in [-0.3, -0.25) is 0 Å². The summed E-state index contributed by atoms with van der Waals surface area (Å²) in [6, 6.07) is 9.42. The van der Waals surface area contributed by atoms with E-state index in [-0.39, 0.29) is 6.61 Å². The van der Waals surface area contributed by atoms with Gasteiger partial charge >= 0.3 is 0 Å². The van der Waals surface area contributed by atoms with Gasteiger partial charge in [-0.1, -0.05) is 17.3 Å². The maximum Gasteiger partial charge on any atom is 0.139 e. The third-order valence-electron chi connectivity index (χ3n) is 2.30. The van der Waals surface area contributed by atoms with Crippen LogP contribution in [0.3, 0.4) is 0 Å². The first kappa shape index (κ1) is 10.7. The van der Waals surface area contributed by atoms with Gasteiger partial charge in [-0.25, -0.2) is 0 Å². The van der Waals surface area contributed by atoms with Crippen molar-refractivity contribution < 1.29 is 14.4 Å². The molecule has 16 heavy (non-hydrogen) atoms. The van der Waals surface area contributed by atoms with Crippen molar-refractivity contribution in [2.75, 3.05) is 13.7 Å². The van der Waals surface area contributed by atoms with E-state index in [0.29, 0.717) is 12.2 Å². The Balaban J connectivity index is 2.34. The number of hydrogen-bond acceptors (Lipinski definition) is 4. The number of benzene rings is 1. The quantitative estimate of drug-likeness (QED) is 0.853. The third kappa shape index (κ3) is 2.06. The molecule has 1 aromatic carbocycles. The van der Waals surface area contributed by atoms with Gasteiger partial charge < -0.3 is 14.4 Å². The molecule has 4 nitrogen and oxygen atoms in total. The summed E-state index contributed by atoms with van der Waals surface area (Å²) in [6.45, 7) is 0.0561. The van der Waals surface area contributed by atoms with E-state index in [2.05, 4.69) is 5.16 Å². The number of para-hydroxylation sites is 1. The molecule has 0 saturated heterocycles. The lowest BCUT2D eigenvalue weighted by Crippen LogP contribution is -1.87. The fraction of sp³-hybridized carbons (Fsp3) is 0.250. The molecule has 1 heterocycles. The lowest BCUT2D eigenvalue weighted by atomic mass is 10.1. The minimum absolute atomic E-state index is 0.0561. The average Bonchev–Trinajstić information content (AvgIpc) is 2.78. The number of aromatic nitrogens is 1. The van der Waals surface area contributed by atoms with Gasteiger partial charge in [-0.2, -0.15) is 0 Å². The Morgan fingerprint density at radius 2 is 2.19 bits per heavy atom. The molecular weight excluding hydrogens is 206 g/mol. The van der Waals surface area contributed by atoms with E-state index in [1.807, 2.05) is 30.3 Å². The van der Waals surface area contributed by atoms with Gasteiger partial charge in [0.25, 0.3) is 0 Å². The molecule has 0 atom stereocenters. The summed E-state index contributed by atoms with van der Waals surface area (Å²) in [5, 5.41) is 12.7. The van der Waals surface area contributed by atoms with Crippen LogP contribution in [0.25, 0.3) is 11.3 Å². The largest absolute Gasteiger partial charge is 0.496 e. The zero-order chi connectivity index (χ0) is 11.4. The van der Waals surface area contributed by atoms with Crippen LogP contribution in [-0.4, -0.2) is 24.0 Å². The van der Waals surface area contributed by atoms with E-state index >= 15 is 0 Å². The minimum Gasteiger partial charge on any atom is -0.496 e. The summed E-state index contributed by atoms with van der Waals surface area (Å²) in [5.74, 6) is 1.43. The van der Waals surface area contributed by atoms with Crippen molar-refractivity contribution >= 4 is 0 Å². The van der Waals surface area contributed by atoms with Crippen LogP contribution in [0.1, 0.15) is 5.76 Å². The highest BCUT2D eigenvalue weighted by Gasteiger charge is 2.10. The van der Waals surface area contributed by atoms with Gasteiger partial charge in [-0.05, 0) is 12.1 Å². The second-order valence-corrected chi connectivity index (χ2v) is 3.35. The molecule has 2 aromatic rings. The second kappa shape index (κ2) is 4.81. The molecule has 2 rings (SSSR count). The zero-order valence-electron chi connectivity index (χ0n) is 9.01. The van der Waals surface area contributed by atoms with Crippen LogP contribution in [0.4, 0.5) is 0 Å². The number of nitrogens with zero attached hydrogens (tertiary/aromatic N) is 1. The fourth-order valence-corrected chi connectivity index (χ4v) is 1.52. The van der Waals surface area contributed by atoms with Crippen molar-refractivity contribution in [3.8, 4) is 17.0 Å². The number of hydrogen-bond donors (Lipinski definition) is 1. The van der Waals surface area contributed by atoms with Crippen LogP contribution >= 0.6 is 0 Å². The minimum atomic E-state index is 0.0561. The maximum atomic E-state index is 8.79. The van der Waals surface area contributed by atoms with E-state index < -0.39 is 0 Å². The molecule has 0 radical (unpaired) electrons. The number of aliphatic hydroxyl groups is 1. The highest BCUT2D eigenvalue weighted by atomic mass is 16.5. The lowest BCUT2D eigenvalue weighted by Gasteiger charge is -2.03. The number of ether oxygens (including phenoxy) is 1. The molecule has 0 saturated carbocycles. The summed E-state index contributed by atoms with van der Waals surface area (Å²) in [6.07, 6.45) is 0.474. The highest BCUT2D eigenvalue weighted by Crippen LogP contribution is 2.28. The van der Waals surface area contributed by atoms with E-state index in [9.17, 15) is 0 Å². The average molecular weight is 219 g/mol. The monoisotopic (exact) mass is 219 g/mol. The SMILES string of the molecule is COc1ccccc1-c1cc(CCO)on1. The molecule has 0 unspecified atom stereocenters. The van der Waals surface area contributed by atoms with Crippen molar-refractivity contribution in [1.29, 1.82) is 0 Å². The van der Waals surface area contributed by atoms with E-state index in [0.717, 1.165) is 17.0 Å². The Morgan fingerprint density at radius 1 is 1.38 bits per heavy atom. The Kier molecular flexibility index (Phi) is 3.22. The summed E-state index contributed by atoms with van der Waals surface area (Å²) >= 11 is 0. The summed E-state index contributed by atoms with van der Waals surface area (Å²) in [4.78, 5) is 0. The standard InChI is InChI=1S/C12H13NO3/c1-15-12-5-3-2-4-10(12)11-8-9(6-7-14)16-13-11/h2-5,8,14H,6-7H2,1H3. The van der Waals surface area contributed by atoms with Crippen molar-refractivity contribution in [2.24, 2.45) is 0 Å². The Bertz CT molecular complexity index is 465. The Hall–Kier alpha value is -1.81. The molecule has 1 N–H and O–H groups in total. The molecule has 0 aliphatic carbocycles. The van der Waals surface area contributed by atoms with Crippen LogP contribution in [0.5, 0.6) is 5.75 Å². The normalized spacial score (nSPS) is 10.4. The molecule has 84 valence electrons.